The van der Waals surface area contributed by atoms with Crippen LogP contribution in [0.2, 0.25) is 5.02 Å². The van der Waals surface area contributed by atoms with Crippen LogP contribution in [0.4, 0.5) is 0 Å². The van der Waals surface area contributed by atoms with Gasteiger partial charge in [0.2, 0.25) is 0 Å². The quantitative estimate of drug-likeness (QED) is 0.730. The molecule has 1 aliphatic heterocycles. The molecule has 1 amide bonds. The van der Waals surface area contributed by atoms with Crippen LogP contribution in [0.1, 0.15) is 23.7 Å². The molecule has 3 rings (SSSR count). The van der Waals surface area contributed by atoms with Crippen molar-refractivity contribution in [1.82, 2.24) is 10.8 Å². The zero-order valence-corrected chi connectivity index (χ0v) is 15.3. The zero-order valence-electron chi connectivity index (χ0n) is 14.5. The Hall–Kier alpha value is -2.34. The van der Waals surface area contributed by atoms with Gasteiger partial charge in [-0.05, 0) is 24.1 Å². The van der Waals surface area contributed by atoms with E-state index in [9.17, 15) is 4.79 Å². The van der Waals surface area contributed by atoms with Crippen LogP contribution >= 0.6 is 11.6 Å². The third-order valence-corrected chi connectivity index (χ3v) is 4.35. The van der Waals surface area contributed by atoms with E-state index in [1.807, 2.05) is 42.5 Å². The second-order valence-corrected chi connectivity index (χ2v) is 6.34. The number of halogens is 1. The molecule has 1 atom stereocenters. The average molecular weight is 373 g/mol. The number of hydrogen-bond donors (Lipinski definition) is 2. The molecule has 0 saturated carbocycles. The minimum atomic E-state index is -0.482. The van der Waals surface area contributed by atoms with Gasteiger partial charge in [0.05, 0.1) is 11.3 Å². The molecule has 5 nitrogen and oxygen atoms in total. The van der Waals surface area contributed by atoms with Crippen molar-refractivity contribution < 1.29 is 14.4 Å². The Morgan fingerprint density at radius 2 is 1.92 bits per heavy atom. The lowest BCUT2D eigenvalue weighted by atomic mass is 9.97. The highest BCUT2D eigenvalue weighted by molar-refractivity contribution is 6.30. The number of carbonyl (C=O) groups is 1. The number of ether oxygens (including phenoxy) is 1. The number of hydroxylamine groups is 1. The summed E-state index contributed by atoms with van der Waals surface area (Å²) in [5.74, 6) is -0.162. The van der Waals surface area contributed by atoms with E-state index in [1.165, 1.54) is 0 Å². The highest BCUT2D eigenvalue weighted by atomic mass is 35.5. The van der Waals surface area contributed by atoms with Gasteiger partial charge in [-0.2, -0.15) is 0 Å². The minimum absolute atomic E-state index is 0.162. The lowest BCUT2D eigenvalue weighted by Gasteiger charge is -2.13. The van der Waals surface area contributed by atoms with Crippen LogP contribution in [0.5, 0.6) is 0 Å². The first kappa shape index (κ1) is 18.5. The van der Waals surface area contributed by atoms with Gasteiger partial charge in [0, 0.05) is 30.8 Å². The van der Waals surface area contributed by atoms with Crippen molar-refractivity contribution in [1.29, 1.82) is 0 Å². The molecule has 0 bridgehead atoms. The molecule has 0 fully saturated rings. The second-order valence-electron chi connectivity index (χ2n) is 5.91. The summed E-state index contributed by atoms with van der Waals surface area (Å²) < 4.78 is 5.03. The van der Waals surface area contributed by atoms with Gasteiger partial charge >= 0.3 is 0 Å². The summed E-state index contributed by atoms with van der Waals surface area (Å²) >= 11 is 5.98. The SMILES string of the molecule is COCCCNC(=O)C1=C(c2ccc(Cl)cc2)NO[C@@H]1c1ccccc1. The Morgan fingerprint density at radius 1 is 1.19 bits per heavy atom. The third kappa shape index (κ3) is 4.25. The van der Waals surface area contributed by atoms with Gasteiger partial charge in [-0.25, -0.2) is 0 Å². The van der Waals surface area contributed by atoms with Crippen molar-refractivity contribution in [3.05, 3.63) is 76.3 Å². The lowest BCUT2D eigenvalue weighted by molar-refractivity contribution is -0.118. The maximum atomic E-state index is 12.9. The topological polar surface area (TPSA) is 59.6 Å². The van der Waals surface area contributed by atoms with Crippen LogP contribution in [-0.4, -0.2) is 26.2 Å². The summed E-state index contributed by atoms with van der Waals surface area (Å²) in [7, 11) is 1.64. The summed E-state index contributed by atoms with van der Waals surface area (Å²) in [6.45, 7) is 1.13. The van der Waals surface area contributed by atoms with E-state index in [4.69, 9.17) is 21.2 Å². The van der Waals surface area contributed by atoms with Gasteiger partial charge in [0.15, 0.2) is 0 Å². The summed E-state index contributed by atoms with van der Waals surface area (Å²) in [6, 6.07) is 17.0. The molecule has 0 aliphatic carbocycles. The van der Waals surface area contributed by atoms with E-state index < -0.39 is 6.10 Å². The summed E-state index contributed by atoms with van der Waals surface area (Å²) in [5.41, 5.74) is 5.88. The fraction of sp³-hybridized carbons (Fsp3) is 0.250. The Balaban J connectivity index is 1.91. The molecule has 0 unspecified atom stereocenters. The van der Waals surface area contributed by atoms with Crippen molar-refractivity contribution in [2.24, 2.45) is 0 Å². The zero-order chi connectivity index (χ0) is 18.4. The molecule has 0 spiro atoms. The standard InChI is InChI=1S/C20H21ClN2O3/c1-25-13-5-12-22-20(24)17-18(14-8-10-16(21)11-9-14)23-26-19(17)15-6-3-2-4-7-15/h2-4,6-11,19,23H,5,12-13H2,1H3,(H,22,24)/t19-/m1/s1. The number of benzene rings is 2. The first-order valence-corrected chi connectivity index (χ1v) is 8.82. The molecular formula is C20H21ClN2O3. The van der Waals surface area contributed by atoms with Crippen LogP contribution < -0.4 is 10.8 Å². The van der Waals surface area contributed by atoms with Crippen molar-refractivity contribution in [2.45, 2.75) is 12.5 Å². The van der Waals surface area contributed by atoms with Crippen molar-refractivity contribution in [3.63, 3.8) is 0 Å². The molecule has 2 N–H and O–H groups in total. The number of amides is 1. The molecule has 136 valence electrons. The third-order valence-electron chi connectivity index (χ3n) is 4.10. The smallest absolute Gasteiger partial charge is 0.252 e. The molecule has 2 aromatic carbocycles. The minimum Gasteiger partial charge on any atom is -0.385 e. The predicted molar refractivity (Wildman–Crippen MR) is 101 cm³/mol. The summed E-state index contributed by atoms with van der Waals surface area (Å²) in [4.78, 5) is 18.6. The van der Waals surface area contributed by atoms with Crippen LogP contribution in [-0.2, 0) is 14.4 Å². The highest BCUT2D eigenvalue weighted by Crippen LogP contribution is 2.36. The summed E-state index contributed by atoms with van der Waals surface area (Å²) in [5, 5.41) is 3.58. The van der Waals surface area contributed by atoms with E-state index >= 15 is 0 Å². The molecule has 0 radical (unpaired) electrons. The van der Waals surface area contributed by atoms with E-state index in [0.717, 1.165) is 17.5 Å². The summed E-state index contributed by atoms with van der Waals surface area (Å²) in [6.07, 6.45) is 0.264. The highest BCUT2D eigenvalue weighted by Gasteiger charge is 2.33. The monoisotopic (exact) mass is 372 g/mol. The van der Waals surface area contributed by atoms with Gasteiger partial charge < -0.3 is 10.1 Å². The molecule has 2 aromatic rings. The van der Waals surface area contributed by atoms with Crippen LogP contribution in [0.15, 0.2) is 60.2 Å². The Morgan fingerprint density at radius 3 is 2.62 bits per heavy atom. The van der Waals surface area contributed by atoms with Gasteiger partial charge in [-0.15, -0.1) is 0 Å². The first-order valence-electron chi connectivity index (χ1n) is 8.44. The van der Waals surface area contributed by atoms with E-state index in [2.05, 4.69) is 10.8 Å². The van der Waals surface area contributed by atoms with Crippen LogP contribution in [0, 0.1) is 0 Å². The maximum absolute atomic E-state index is 12.9. The molecule has 6 heteroatoms. The number of hydrogen-bond acceptors (Lipinski definition) is 4. The van der Waals surface area contributed by atoms with E-state index in [-0.39, 0.29) is 5.91 Å². The fourth-order valence-electron chi connectivity index (χ4n) is 2.80. The van der Waals surface area contributed by atoms with Gasteiger partial charge in [0.25, 0.3) is 5.91 Å². The molecule has 1 heterocycles. The van der Waals surface area contributed by atoms with Crippen LogP contribution in [0.25, 0.3) is 5.70 Å². The first-order chi connectivity index (χ1) is 12.7. The molecule has 0 aromatic heterocycles. The van der Waals surface area contributed by atoms with Crippen molar-refractivity contribution in [3.8, 4) is 0 Å². The second kappa shape index (κ2) is 8.85. The molecule has 1 aliphatic rings. The molecule has 26 heavy (non-hydrogen) atoms. The number of rotatable bonds is 7. The average Bonchev–Trinajstić information content (AvgIpc) is 3.11. The fourth-order valence-corrected chi connectivity index (χ4v) is 2.93. The van der Waals surface area contributed by atoms with Crippen LogP contribution in [0.3, 0.4) is 0 Å². The predicted octanol–water partition coefficient (Wildman–Crippen LogP) is 3.48. The van der Waals surface area contributed by atoms with Gasteiger partial charge in [-0.1, -0.05) is 54.1 Å². The number of methoxy groups -OCH3 is 1. The van der Waals surface area contributed by atoms with E-state index in [1.54, 1.807) is 19.2 Å². The van der Waals surface area contributed by atoms with Gasteiger partial charge in [0.1, 0.15) is 6.10 Å². The van der Waals surface area contributed by atoms with Gasteiger partial charge in [-0.3, -0.25) is 15.1 Å². The Labute approximate surface area is 157 Å². The van der Waals surface area contributed by atoms with E-state index in [0.29, 0.717) is 29.4 Å². The number of carbonyl (C=O) groups excluding carboxylic acids is 1. The molecular weight excluding hydrogens is 352 g/mol. The largest absolute Gasteiger partial charge is 0.385 e. The maximum Gasteiger partial charge on any atom is 0.252 e. The Bertz CT molecular complexity index is 775. The number of nitrogens with one attached hydrogen (secondary N) is 2. The van der Waals surface area contributed by atoms with Crippen molar-refractivity contribution in [2.75, 3.05) is 20.3 Å². The Kier molecular flexibility index (Phi) is 6.28. The van der Waals surface area contributed by atoms with Crippen molar-refractivity contribution >= 4 is 23.2 Å². The molecule has 0 saturated heterocycles. The normalized spacial score (nSPS) is 16.5. The lowest BCUT2D eigenvalue weighted by Crippen LogP contribution is -2.28.